The van der Waals surface area contributed by atoms with Gasteiger partial charge in [-0.05, 0) is 63.8 Å². The number of carbonyl (C=O) groups is 1. The number of anilines is 1. The molecule has 0 unspecified atom stereocenters. The summed E-state index contributed by atoms with van der Waals surface area (Å²) in [6.45, 7) is 3.85. The maximum atomic E-state index is 12.3. The lowest BCUT2D eigenvalue weighted by molar-refractivity contribution is 0.129. The molecule has 0 aliphatic heterocycles. The third-order valence-corrected chi connectivity index (χ3v) is 4.89. The van der Waals surface area contributed by atoms with Gasteiger partial charge in [0, 0.05) is 22.5 Å². The number of rotatable bonds is 5. The molecular formula is C20H25ClN4O3. The Morgan fingerprint density at radius 3 is 2.43 bits per heavy atom. The van der Waals surface area contributed by atoms with Crippen molar-refractivity contribution in [1.29, 1.82) is 0 Å². The first-order chi connectivity index (χ1) is 13.4. The van der Waals surface area contributed by atoms with Gasteiger partial charge in [-0.2, -0.15) is 0 Å². The summed E-state index contributed by atoms with van der Waals surface area (Å²) in [5, 5.41) is 6.34. The van der Waals surface area contributed by atoms with Gasteiger partial charge >= 0.3 is 12.0 Å². The van der Waals surface area contributed by atoms with Crippen LogP contribution in [0.4, 0.5) is 10.5 Å². The third kappa shape index (κ3) is 5.48. The Morgan fingerprint density at radius 2 is 1.79 bits per heavy atom. The zero-order chi connectivity index (χ0) is 20.1. The fraction of sp³-hybridized carbons (Fsp3) is 0.450. The topological polar surface area (TPSA) is 85.4 Å². The largest absolute Gasteiger partial charge is 0.495 e. The van der Waals surface area contributed by atoms with Crippen LogP contribution in [0.2, 0.25) is 5.02 Å². The molecule has 2 amide bonds. The van der Waals surface area contributed by atoms with Gasteiger partial charge in [-0.3, -0.25) is 0 Å². The average Bonchev–Trinajstić information content (AvgIpc) is 2.63. The number of hydrogen-bond donors (Lipinski definition) is 2. The van der Waals surface area contributed by atoms with Crippen LogP contribution in [0.5, 0.6) is 11.8 Å². The summed E-state index contributed by atoms with van der Waals surface area (Å²) in [6, 6.07) is 7.25. The first-order valence-electron chi connectivity index (χ1n) is 9.33. The summed E-state index contributed by atoms with van der Waals surface area (Å²) < 4.78 is 11.2. The van der Waals surface area contributed by atoms with Gasteiger partial charge in [0.1, 0.15) is 11.9 Å². The Bertz CT molecular complexity index is 818. The second kappa shape index (κ2) is 9.10. The molecule has 1 fully saturated rings. The number of aromatic nitrogens is 2. The van der Waals surface area contributed by atoms with Gasteiger partial charge in [-0.25, -0.2) is 14.8 Å². The SMILES string of the molecule is COc1ccc(Cl)cc1NC(=O)NC1CCC(Oc2nc(C)cc(C)n2)CC1. The molecule has 0 radical (unpaired) electrons. The molecule has 1 aliphatic rings. The molecule has 8 heteroatoms. The molecule has 1 heterocycles. The predicted molar refractivity (Wildman–Crippen MR) is 108 cm³/mol. The van der Waals surface area contributed by atoms with E-state index < -0.39 is 0 Å². The standard InChI is InChI=1S/C20H25ClN4O3/c1-12-10-13(2)23-20(22-12)28-16-7-5-15(6-8-16)24-19(26)25-17-11-14(21)4-9-18(17)27-3/h4,9-11,15-16H,5-8H2,1-3H3,(H2,24,25,26). The Hall–Kier alpha value is -2.54. The van der Waals surface area contributed by atoms with Crippen LogP contribution in [0.1, 0.15) is 37.1 Å². The smallest absolute Gasteiger partial charge is 0.319 e. The van der Waals surface area contributed by atoms with Gasteiger partial charge in [-0.1, -0.05) is 11.6 Å². The molecule has 0 bridgehead atoms. The molecule has 2 N–H and O–H groups in total. The van der Waals surface area contributed by atoms with E-state index in [4.69, 9.17) is 21.1 Å². The lowest BCUT2D eigenvalue weighted by atomic mass is 9.93. The number of halogens is 1. The minimum Gasteiger partial charge on any atom is -0.495 e. The number of benzene rings is 1. The minimum atomic E-state index is -0.275. The lowest BCUT2D eigenvalue weighted by Crippen LogP contribution is -2.41. The van der Waals surface area contributed by atoms with E-state index in [0.717, 1.165) is 37.1 Å². The molecule has 1 aliphatic carbocycles. The van der Waals surface area contributed by atoms with E-state index in [1.54, 1.807) is 25.3 Å². The number of carbonyl (C=O) groups excluding carboxylic acids is 1. The molecular weight excluding hydrogens is 380 g/mol. The van der Waals surface area contributed by atoms with Crippen molar-refractivity contribution in [1.82, 2.24) is 15.3 Å². The Morgan fingerprint density at radius 1 is 1.11 bits per heavy atom. The van der Waals surface area contributed by atoms with Crippen molar-refractivity contribution < 1.29 is 14.3 Å². The second-order valence-electron chi connectivity index (χ2n) is 6.97. The van der Waals surface area contributed by atoms with Gasteiger partial charge in [-0.15, -0.1) is 0 Å². The van der Waals surface area contributed by atoms with Gasteiger partial charge in [0.2, 0.25) is 0 Å². The monoisotopic (exact) mass is 404 g/mol. The van der Waals surface area contributed by atoms with Crippen LogP contribution in [-0.4, -0.2) is 35.3 Å². The van der Waals surface area contributed by atoms with E-state index in [-0.39, 0.29) is 18.2 Å². The van der Waals surface area contributed by atoms with Crippen LogP contribution < -0.4 is 20.1 Å². The number of nitrogens with one attached hydrogen (secondary N) is 2. The fourth-order valence-electron chi connectivity index (χ4n) is 3.34. The number of nitrogens with zero attached hydrogens (tertiary/aromatic N) is 2. The van der Waals surface area contributed by atoms with Crippen molar-refractivity contribution >= 4 is 23.3 Å². The molecule has 1 aromatic carbocycles. The Kier molecular flexibility index (Phi) is 6.57. The predicted octanol–water partition coefficient (Wildman–Crippen LogP) is 4.27. The van der Waals surface area contributed by atoms with Crippen LogP contribution in [0, 0.1) is 13.8 Å². The zero-order valence-electron chi connectivity index (χ0n) is 16.3. The lowest BCUT2D eigenvalue weighted by Gasteiger charge is -2.29. The van der Waals surface area contributed by atoms with E-state index in [9.17, 15) is 4.79 Å². The highest BCUT2D eigenvalue weighted by Gasteiger charge is 2.24. The molecule has 7 nitrogen and oxygen atoms in total. The summed E-state index contributed by atoms with van der Waals surface area (Å²) in [7, 11) is 1.55. The fourth-order valence-corrected chi connectivity index (χ4v) is 3.51. The number of hydrogen-bond acceptors (Lipinski definition) is 5. The molecule has 0 saturated heterocycles. The van der Waals surface area contributed by atoms with Crippen molar-refractivity contribution in [3.05, 3.63) is 40.7 Å². The van der Waals surface area contributed by atoms with E-state index in [1.807, 2.05) is 19.9 Å². The molecule has 2 aromatic rings. The maximum Gasteiger partial charge on any atom is 0.319 e. The third-order valence-electron chi connectivity index (χ3n) is 4.65. The zero-order valence-corrected chi connectivity index (χ0v) is 17.0. The number of aryl methyl sites for hydroxylation is 2. The van der Waals surface area contributed by atoms with E-state index in [1.165, 1.54) is 0 Å². The molecule has 1 aromatic heterocycles. The van der Waals surface area contributed by atoms with Crippen LogP contribution in [0.3, 0.4) is 0 Å². The number of amides is 2. The first kappa shape index (κ1) is 20.2. The molecule has 1 saturated carbocycles. The van der Waals surface area contributed by atoms with Gasteiger partial charge in [0.25, 0.3) is 0 Å². The van der Waals surface area contributed by atoms with Gasteiger partial charge < -0.3 is 20.1 Å². The van der Waals surface area contributed by atoms with Crippen LogP contribution in [-0.2, 0) is 0 Å². The highest BCUT2D eigenvalue weighted by atomic mass is 35.5. The van der Waals surface area contributed by atoms with E-state index in [2.05, 4.69) is 20.6 Å². The number of urea groups is 1. The van der Waals surface area contributed by atoms with Gasteiger partial charge in [0.05, 0.1) is 12.8 Å². The Labute approximate surface area is 169 Å². The number of ether oxygens (including phenoxy) is 2. The summed E-state index contributed by atoms with van der Waals surface area (Å²) >= 11 is 6.00. The van der Waals surface area contributed by atoms with Crippen LogP contribution >= 0.6 is 11.6 Å². The second-order valence-corrected chi connectivity index (χ2v) is 7.40. The quantitative estimate of drug-likeness (QED) is 0.777. The normalized spacial score (nSPS) is 19.0. The summed E-state index contributed by atoms with van der Waals surface area (Å²) in [6.07, 6.45) is 3.39. The molecule has 150 valence electrons. The van der Waals surface area contributed by atoms with Crippen LogP contribution in [0.15, 0.2) is 24.3 Å². The van der Waals surface area contributed by atoms with Crippen molar-refractivity contribution in [3.63, 3.8) is 0 Å². The minimum absolute atomic E-state index is 0.0651. The maximum absolute atomic E-state index is 12.3. The first-order valence-corrected chi connectivity index (χ1v) is 9.70. The van der Waals surface area contributed by atoms with Crippen molar-refractivity contribution in [2.75, 3.05) is 12.4 Å². The summed E-state index contributed by atoms with van der Waals surface area (Å²) in [5.74, 6) is 0.560. The molecule has 28 heavy (non-hydrogen) atoms. The highest BCUT2D eigenvalue weighted by Crippen LogP contribution is 2.28. The molecule has 0 atom stereocenters. The Balaban J connectivity index is 1.49. The van der Waals surface area contributed by atoms with Gasteiger partial charge in [0.15, 0.2) is 0 Å². The van der Waals surface area contributed by atoms with Crippen molar-refractivity contribution in [2.45, 2.75) is 51.7 Å². The van der Waals surface area contributed by atoms with Crippen molar-refractivity contribution in [3.8, 4) is 11.8 Å². The summed E-state index contributed by atoms with van der Waals surface area (Å²) in [5.41, 5.74) is 2.33. The number of methoxy groups -OCH3 is 1. The molecule has 3 rings (SSSR count). The average molecular weight is 405 g/mol. The highest BCUT2D eigenvalue weighted by molar-refractivity contribution is 6.31. The van der Waals surface area contributed by atoms with Crippen LogP contribution in [0.25, 0.3) is 0 Å². The molecule has 0 spiro atoms. The van der Waals surface area contributed by atoms with E-state index in [0.29, 0.717) is 22.5 Å². The van der Waals surface area contributed by atoms with Crippen molar-refractivity contribution in [2.24, 2.45) is 0 Å². The summed E-state index contributed by atoms with van der Waals surface area (Å²) in [4.78, 5) is 21.0. The van der Waals surface area contributed by atoms with E-state index >= 15 is 0 Å².